The van der Waals surface area contributed by atoms with Crippen LogP contribution in [0, 0.1) is 0 Å². The normalized spacial score (nSPS) is 12.9. The third kappa shape index (κ3) is 2.10. The fourth-order valence-corrected chi connectivity index (χ4v) is 2.11. The Morgan fingerprint density at radius 3 is 3.06 bits per heavy atom. The standard InChI is InChI=1S/C9H13N5OS/c1-5(4-15)16-8-6-3-11-14-7(6)12-9(10-2)13-8/h3,5,15H,4H2,1-2H3,(H2,10,11,12,13,14). The zero-order chi connectivity index (χ0) is 11.5. The molecule has 0 saturated carbocycles. The van der Waals surface area contributed by atoms with Crippen molar-refractivity contribution in [3.8, 4) is 0 Å². The van der Waals surface area contributed by atoms with Crippen molar-refractivity contribution in [2.45, 2.75) is 17.2 Å². The van der Waals surface area contributed by atoms with E-state index in [1.165, 1.54) is 11.8 Å². The third-order valence-electron chi connectivity index (χ3n) is 2.07. The van der Waals surface area contributed by atoms with Crippen LogP contribution in [0.25, 0.3) is 11.0 Å². The molecule has 0 aliphatic heterocycles. The SMILES string of the molecule is CNc1nc(SC(C)CO)c2cn[nH]c2n1. The molecule has 0 amide bonds. The Labute approximate surface area is 96.9 Å². The minimum Gasteiger partial charge on any atom is -0.395 e. The van der Waals surface area contributed by atoms with Crippen LogP contribution in [0.3, 0.4) is 0 Å². The Morgan fingerprint density at radius 2 is 2.38 bits per heavy atom. The number of aliphatic hydroxyl groups excluding tert-OH is 1. The Bertz CT molecular complexity index is 486. The van der Waals surface area contributed by atoms with Crippen molar-refractivity contribution in [1.82, 2.24) is 20.2 Å². The van der Waals surface area contributed by atoms with E-state index in [1.54, 1.807) is 13.2 Å². The summed E-state index contributed by atoms with van der Waals surface area (Å²) in [5, 5.41) is 20.5. The van der Waals surface area contributed by atoms with Crippen LogP contribution in [0.5, 0.6) is 0 Å². The molecule has 2 aromatic rings. The number of rotatable bonds is 4. The summed E-state index contributed by atoms with van der Waals surface area (Å²) in [6, 6.07) is 0. The molecule has 3 N–H and O–H groups in total. The minimum atomic E-state index is 0.0951. The number of hydrogen-bond acceptors (Lipinski definition) is 6. The lowest BCUT2D eigenvalue weighted by Crippen LogP contribution is -2.04. The smallest absolute Gasteiger partial charge is 0.225 e. The maximum absolute atomic E-state index is 9.04. The molecule has 1 atom stereocenters. The van der Waals surface area contributed by atoms with Gasteiger partial charge in [0.15, 0.2) is 5.65 Å². The Morgan fingerprint density at radius 1 is 1.56 bits per heavy atom. The topological polar surface area (TPSA) is 86.7 Å². The van der Waals surface area contributed by atoms with Gasteiger partial charge >= 0.3 is 0 Å². The number of nitrogens with one attached hydrogen (secondary N) is 2. The van der Waals surface area contributed by atoms with Gasteiger partial charge in [-0.2, -0.15) is 10.1 Å². The van der Waals surface area contributed by atoms with Gasteiger partial charge in [-0.1, -0.05) is 18.7 Å². The second-order valence-corrected chi connectivity index (χ2v) is 4.77. The summed E-state index contributed by atoms with van der Waals surface area (Å²) >= 11 is 1.51. The summed E-state index contributed by atoms with van der Waals surface area (Å²) in [7, 11) is 1.77. The van der Waals surface area contributed by atoms with Gasteiger partial charge < -0.3 is 10.4 Å². The lowest BCUT2D eigenvalue weighted by atomic mass is 10.4. The maximum atomic E-state index is 9.04. The average Bonchev–Trinajstić information content (AvgIpc) is 2.76. The van der Waals surface area contributed by atoms with E-state index in [0.717, 1.165) is 10.4 Å². The van der Waals surface area contributed by atoms with Gasteiger partial charge in [0.1, 0.15) is 5.03 Å². The van der Waals surface area contributed by atoms with Crippen LogP contribution >= 0.6 is 11.8 Å². The summed E-state index contributed by atoms with van der Waals surface area (Å²) in [6.45, 7) is 2.06. The van der Waals surface area contributed by atoms with E-state index < -0.39 is 0 Å². The molecule has 0 aliphatic carbocycles. The first-order valence-electron chi connectivity index (χ1n) is 4.91. The third-order valence-corrected chi connectivity index (χ3v) is 3.15. The summed E-state index contributed by atoms with van der Waals surface area (Å²) in [5.41, 5.74) is 0.701. The number of aromatic nitrogens is 4. The molecule has 0 aromatic carbocycles. The number of thioether (sulfide) groups is 1. The number of nitrogens with zero attached hydrogens (tertiary/aromatic N) is 3. The van der Waals surface area contributed by atoms with E-state index in [0.29, 0.717) is 11.6 Å². The van der Waals surface area contributed by atoms with Crippen LogP contribution in [-0.4, -0.2) is 44.2 Å². The molecular formula is C9H13N5OS. The molecule has 0 aliphatic rings. The summed E-state index contributed by atoms with van der Waals surface area (Å²) < 4.78 is 0. The van der Waals surface area contributed by atoms with Crippen molar-refractivity contribution in [2.24, 2.45) is 0 Å². The summed E-state index contributed by atoms with van der Waals surface area (Å²) in [5.74, 6) is 0.546. The van der Waals surface area contributed by atoms with Gasteiger partial charge in [-0.3, -0.25) is 5.10 Å². The van der Waals surface area contributed by atoms with Gasteiger partial charge in [-0.15, -0.1) is 0 Å². The van der Waals surface area contributed by atoms with E-state index in [9.17, 15) is 0 Å². The molecule has 2 rings (SSSR count). The zero-order valence-electron chi connectivity index (χ0n) is 9.06. The van der Waals surface area contributed by atoms with Crippen molar-refractivity contribution >= 4 is 28.7 Å². The van der Waals surface area contributed by atoms with E-state index in [1.807, 2.05) is 6.92 Å². The highest BCUT2D eigenvalue weighted by atomic mass is 32.2. The first-order chi connectivity index (χ1) is 7.74. The molecule has 2 heterocycles. The highest BCUT2D eigenvalue weighted by molar-refractivity contribution is 8.00. The first kappa shape index (κ1) is 11.2. The van der Waals surface area contributed by atoms with Crippen molar-refractivity contribution in [2.75, 3.05) is 19.0 Å². The van der Waals surface area contributed by atoms with Crippen molar-refractivity contribution in [3.63, 3.8) is 0 Å². The molecule has 86 valence electrons. The molecule has 7 heteroatoms. The molecule has 16 heavy (non-hydrogen) atoms. The van der Waals surface area contributed by atoms with Gasteiger partial charge in [-0.05, 0) is 0 Å². The molecule has 2 aromatic heterocycles. The van der Waals surface area contributed by atoms with Crippen LogP contribution in [0.1, 0.15) is 6.92 Å². The van der Waals surface area contributed by atoms with Crippen molar-refractivity contribution in [1.29, 1.82) is 0 Å². The van der Waals surface area contributed by atoms with E-state index in [4.69, 9.17) is 5.11 Å². The molecule has 0 spiro atoms. The Balaban J connectivity index is 2.44. The van der Waals surface area contributed by atoms with Crippen LogP contribution in [-0.2, 0) is 0 Å². The minimum absolute atomic E-state index is 0.0951. The largest absolute Gasteiger partial charge is 0.395 e. The predicted octanol–water partition coefficient (Wildman–Crippen LogP) is 0.867. The van der Waals surface area contributed by atoms with Crippen molar-refractivity contribution in [3.05, 3.63) is 6.20 Å². The predicted molar refractivity (Wildman–Crippen MR) is 63.6 cm³/mol. The van der Waals surface area contributed by atoms with Gasteiger partial charge in [-0.25, -0.2) is 4.98 Å². The molecule has 1 unspecified atom stereocenters. The Hall–Kier alpha value is -1.34. The second kappa shape index (κ2) is 4.67. The summed E-state index contributed by atoms with van der Waals surface area (Å²) in [6.07, 6.45) is 1.70. The van der Waals surface area contributed by atoms with Crippen molar-refractivity contribution < 1.29 is 5.11 Å². The number of H-pyrrole nitrogens is 1. The maximum Gasteiger partial charge on any atom is 0.225 e. The fourth-order valence-electron chi connectivity index (χ4n) is 1.24. The number of aromatic amines is 1. The van der Waals surface area contributed by atoms with E-state index >= 15 is 0 Å². The fraction of sp³-hybridized carbons (Fsp3) is 0.444. The molecule has 6 nitrogen and oxygen atoms in total. The molecule has 0 bridgehead atoms. The molecule has 0 saturated heterocycles. The van der Waals surface area contributed by atoms with Gasteiger partial charge in [0.2, 0.25) is 5.95 Å². The summed E-state index contributed by atoms with van der Waals surface area (Å²) in [4.78, 5) is 8.58. The number of aliphatic hydroxyl groups is 1. The van der Waals surface area contributed by atoms with Gasteiger partial charge in [0.05, 0.1) is 18.2 Å². The molecule has 0 radical (unpaired) electrons. The number of hydrogen-bond donors (Lipinski definition) is 3. The van der Waals surface area contributed by atoms with Crippen LogP contribution in [0.2, 0.25) is 0 Å². The molecular weight excluding hydrogens is 226 g/mol. The van der Waals surface area contributed by atoms with Crippen LogP contribution in [0.15, 0.2) is 11.2 Å². The lowest BCUT2D eigenvalue weighted by molar-refractivity contribution is 0.300. The second-order valence-electron chi connectivity index (χ2n) is 3.35. The van der Waals surface area contributed by atoms with Crippen LogP contribution < -0.4 is 5.32 Å². The first-order valence-corrected chi connectivity index (χ1v) is 5.79. The number of fused-ring (bicyclic) bond motifs is 1. The molecule has 0 fully saturated rings. The Kier molecular flexibility index (Phi) is 3.25. The highest BCUT2D eigenvalue weighted by Crippen LogP contribution is 2.28. The highest BCUT2D eigenvalue weighted by Gasteiger charge is 2.12. The van der Waals surface area contributed by atoms with Gasteiger partial charge in [0.25, 0.3) is 0 Å². The number of anilines is 1. The lowest BCUT2D eigenvalue weighted by Gasteiger charge is -2.08. The van der Waals surface area contributed by atoms with E-state index in [-0.39, 0.29) is 11.9 Å². The average molecular weight is 239 g/mol. The monoisotopic (exact) mass is 239 g/mol. The van der Waals surface area contributed by atoms with Crippen LogP contribution in [0.4, 0.5) is 5.95 Å². The quantitative estimate of drug-likeness (QED) is 0.542. The van der Waals surface area contributed by atoms with E-state index in [2.05, 4.69) is 25.5 Å². The zero-order valence-corrected chi connectivity index (χ0v) is 9.88. The van der Waals surface area contributed by atoms with Gasteiger partial charge in [0, 0.05) is 12.3 Å².